The SMILES string of the molecule is CCn1c(C)nc2c1c(=O)n(CCN)c(=O)n2CC(C)C. The molecule has 2 rings (SSSR count). The van der Waals surface area contributed by atoms with Gasteiger partial charge in [-0.15, -0.1) is 0 Å². The highest BCUT2D eigenvalue weighted by atomic mass is 16.2. The summed E-state index contributed by atoms with van der Waals surface area (Å²) in [5.74, 6) is 1.02. The van der Waals surface area contributed by atoms with Gasteiger partial charge in [-0.05, 0) is 19.8 Å². The molecule has 0 fully saturated rings. The number of imidazole rings is 1. The van der Waals surface area contributed by atoms with Crippen molar-refractivity contribution >= 4 is 11.2 Å². The van der Waals surface area contributed by atoms with Gasteiger partial charge in [-0.3, -0.25) is 13.9 Å². The number of fused-ring (bicyclic) bond motifs is 1. The first-order valence-corrected chi connectivity index (χ1v) is 7.32. The summed E-state index contributed by atoms with van der Waals surface area (Å²) < 4.78 is 4.66. The molecule has 0 aliphatic heterocycles. The van der Waals surface area contributed by atoms with Gasteiger partial charge in [0.15, 0.2) is 11.2 Å². The zero-order chi connectivity index (χ0) is 15.7. The van der Waals surface area contributed by atoms with Crippen molar-refractivity contribution in [2.75, 3.05) is 6.54 Å². The van der Waals surface area contributed by atoms with Gasteiger partial charge in [0.2, 0.25) is 0 Å². The second-order valence-corrected chi connectivity index (χ2v) is 5.61. The Kier molecular flexibility index (Phi) is 4.32. The molecule has 0 aromatic carbocycles. The van der Waals surface area contributed by atoms with Crippen molar-refractivity contribution in [3.05, 3.63) is 26.7 Å². The Labute approximate surface area is 123 Å². The van der Waals surface area contributed by atoms with Crippen LogP contribution in [0.15, 0.2) is 9.59 Å². The highest BCUT2D eigenvalue weighted by Crippen LogP contribution is 2.12. The van der Waals surface area contributed by atoms with E-state index in [9.17, 15) is 9.59 Å². The molecular weight excluding hydrogens is 270 g/mol. The molecule has 0 saturated heterocycles. The minimum atomic E-state index is -0.326. The van der Waals surface area contributed by atoms with E-state index in [-0.39, 0.29) is 30.3 Å². The fourth-order valence-electron chi connectivity index (χ4n) is 2.64. The average Bonchev–Trinajstić information content (AvgIpc) is 2.76. The Morgan fingerprint density at radius 3 is 2.38 bits per heavy atom. The number of aryl methyl sites for hydroxylation is 2. The average molecular weight is 293 g/mol. The summed E-state index contributed by atoms with van der Waals surface area (Å²) in [6, 6.07) is 0. The third-order valence-corrected chi connectivity index (χ3v) is 3.52. The molecule has 2 aromatic rings. The first kappa shape index (κ1) is 15.5. The van der Waals surface area contributed by atoms with Crippen molar-refractivity contribution in [2.24, 2.45) is 11.7 Å². The van der Waals surface area contributed by atoms with Crippen LogP contribution in [-0.4, -0.2) is 25.2 Å². The molecule has 0 aliphatic rings. The smallest absolute Gasteiger partial charge is 0.329 e. The maximum atomic E-state index is 12.6. The Morgan fingerprint density at radius 1 is 1.19 bits per heavy atom. The van der Waals surface area contributed by atoms with Gasteiger partial charge >= 0.3 is 5.69 Å². The topological polar surface area (TPSA) is 87.8 Å². The molecule has 0 amide bonds. The van der Waals surface area contributed by atoms with E-state index in [0.717, 1.165) is 5.82 Å². The van der Waals surface area contributed by atoms with Crippen LogP contribution in [0.4, 0.5) is 0 Å². The maximum Gasteiger partial charge on any atom is 0.332 e. The zero-order valence-electron chi connectivity index (χ0n) is 13.1. The zero-order valence-corrected chi connectivity index (χ0v) is 13.1. The maximum absolute atomic E-state index is 12.6. The van der Waals surface area contributed by atoms with Crippen LogP contribution in [0.2, 0.25) is 0 Å². The van der Waals surface area contributed by atoms with E-state index in [1.807, 2.05) is 32.3 Å². The number of rotatable bonds is 5. The number of hydrogen-bond donors (Lipinski definition) is 1. The second-order valence-electron chi connectivity index (χ2n) is 5.61. The monoisotopic (exact) mass is 293 g/mol. The van der Waals surface area contributed by atoms with Gasteiger partial charge in [0.1, 0.15) is 5.82 Å². The molecule has 0 bridgehead atoms. The van der Waals surface area contributed by atoms with Crippen LogP contribution in [0.5, 0.6) is 0 Å². The third kappa shape index (κ3) is 2.53. The molecule has 2 heterocycles. The molecule has 116 valence electrons. The van der Waals surface area contributed by atoms with E-state index < -0.39 is 0 Å². The Bertz CT molecular complexity index is 766. The van der Waals surface area contributed by atoms with Gasteiger partial charge in [-0.1, -0.05) is 13.8 Å². The lowest BCUT2D eigenvalue weighted by Crippen LogP contribution is -2.42. The van der Waals surface area contributed by atoms with Crippen molar-refractivity contribution in [2.45, 2.75) is 47.3 Å². The van der Waals surface area contributed by atoms with Crippen molar-refractivity contribution in [3.63, 3.8) is 0 Å². The molecule has 2 N–H and O–H groups in total. The summed E-state index contributed by atoms with van der Waals surface area (Å²) in [4.78, 5) is 29.6. The fraction of sp³-hybridized carbons (Fsp3) is 0.643. The molecule has 7 nitrogen and oxygen atoms in total. The molecule has 21 heavy (non-hydrogen) atoms. The van der Waals surface area contributed by atoms with Crippen LogP contribution in [0.3, 0.4) is 0 Å². The van der Waals surface area contributed by atoms with Crippen molar-refractivity contribution < 1.29 is 0 Å². The minimum Gasteiger partial charge on any atom is -0.329 e. The quantitative estimate of drug-likeness (QED) is 0.859. The van der Waals surface area contributed by atoms with E-state index >= 15 is 0 Å². The normalized spacial score (nSPS) is 11.7. The van der Waals surface area contributed by atoms with Crippen LogP contribution in [0.1, 0.15) is 26.6 Å². The fourth-order valence-corrected chi connectivity index (χ4v) is 2.64. The molecular formula is C14H23N5O2. The minimum absolute atomic E-state index is 0.222. The van der Waals surface area contributed by atoms with Gasteiger partial charge in [0, 0.05) is 26.2 Å². The predicted molar refractivity (Wildman–Crippen MR) is 82.6 cm³/mol. The molecule has 0 radical (unpaired) electrons. The highest BCUT2D eigenvalue weighted by Gasteiger charge is 2.19. The summed E-state index contributed by atoms with van der Waals surface area (Å²) in [6.07, 6.45) is 0. The Morgan fingerprint density at radius 2 is 1.86 bits per heavy atom. The van der Waals surface area contributed by atoms with E-state index in [4.69, 9.17) is 5.73 Å². The molecule has 0 spiro atoms. The summed E-state index contributed by atoms with van der Waals surface area (Å²) in [5, 5.41) is 0. The van der Waals surface area contributed by atoms with Crippen molar-refractivity contribution in [1.29, 1.82) is 0 Å². The van der Waals surface area contributed by atoms with E-state index in [0.29, 0.717) is 24.3 Å². The Balaban J connectivity index is 2.93. The second kappa shape index (κ2) is 5.85. The number of nitrogens with two attached hydrogens (primary N) is 1. The largest absolute Gasteiger partial charge is 0.332 e. The van der Waals surface area contributed by atoms with Crippen molar-refractivity contribution in [1.82, 2.24) is 18.7 Å². The first-order valence-electron chi connectivity index (χ1n) is 7.32. The van der Waals surface area contributed by atoms with Crippen LogP contribution < -0.4 is 17.0 Å². The predicted octanol–water partition coefficient (Wildman–Crippen LogP) is 0.303. The molecule has 0 atom stereocenters. The van der Waals surface area contributed by atoms with Crippen LogP contribution in [0, 0.1) is 12.8 Å². The van der Waals surface area contributed by atoms with E-state index in [1.54, 1.807) is 4.57 Å². The highest BCUT2D eigenvalue weighted by molar-refractivity contribution is 5.71. The summed E-state index contributed by atoms with van der Waals surface area (Å²) in [7, 11) is 0. The number of nitrogens with zero attached hydrogens (tertiary/aromatic N) is 4. The molecule has 0 unspecified atom stereocenters. The lowest BCUT2D eigenvalue weighted by molar-refractivity contribution is 0.488. The third-order valence-electron chi connectivity index (χ3n) is 3.52. The van der Waals surface area contributed by atoms with E-state index in [1.165, 1.54) is 4.57 Å². The summed E-state index contributed by atoms with van der Waals surface area (Å²) >= 11 is 0. The standard InChI is InChI=1S/C14H23N5O2/c1-5-17-10(4)16-12-11(17)13(20)18(7-6-15)14(21)19(12)8-9(2)3/h9H,5-8,15H2,1-4H3. The summed E-state index contributed by atoms with van der Waals surface area (Å²) in [5.41, 5.74) is 5.88. The van der Waals surface area contributed by atoms with Crippen molar-refractivity contribution in [3.8, 4) is 0 Å². The van der Waals surface area contributed by atoms with E-state index in [2.05, 4.69) is 4.98 Å². The summed E-state index contributed by atoms with van der Waals surface area (Å²) in [6.45, 7) is 9.50. The molecule has 0 saturated carbocycles. The van der Waals surface area contributed by atoms with Crippen LogP contribution in [0.25, 0.3) is 11.2 Å². The lowest BCUT2D eigenvalue weighted by atomic mass is 10.2. The van der Waals surface area contributed by atoms with Gasteiger partial charge in [0.25, 0.3) is 5.56 Å². The van der Waals surface area contributed by atoms with Gasteiger partial charge in [-0.25, -0.2) is 9.78 Å². The molecule has 0 aliphatic carbocycles. The molecule has 7 heteroatoms. The van der Waals surface area contributed by atoms with Crippen LogP contribution in [-0.2, 0) is 19.6 Å². The molecule has 2 aromatic heterocycles. The van der Waals surface area contributed by atoms with Gasteiger partial charge < -0.3 is 10.3 Å². The van der Waals surface area contributed by atoms with Crippen LogP contribution >= 0.6 is 0 Å². The van der Waals surface area contributed by atoms with Gasteiger partial charge in [0.05, 0.1) is 0 Å². The van der Waals surface area contributed by atoms with Gasteiger partial charge in [-0.2, -0.15) is 0 Å². The number of aromatic nitrogens is 4. The first-order chi connectivity index (χ1) is 9.92. The lowest BCUT2D eigenvalue weighted by Gasteiger charge is -2.13. The Hall–Kier alpha value is -1.89. The number of hydrogen-bond acceptors (Lipinski definition) is 4.